The first-order valence-electron chi connectivity index (χ1n) is 7.83. The predicted octanol–water partition coefficient (Wildman–Crippen LogP) is 3.06. The Labute approximate surface area is 141 Å². The standard InChI is InChI=1S/C19H22N2O3/c1-4-21(16-11-6-5-7-12-16)17(22)14-9-8-10-15(13-14)20-18(23)19(2,3)24/h5-13,24H,4H2,1-3H3,(H,20,23). The zero-order valence-corrected chi connectivity index (χ0v) is 14.1. The fourth-order valence-electron chi connectivity index (χ4n) is 2.22. The zero-order valence-electron chi connectivity index (χ0n) is 14.1. The summed E-state index contributed by atoms with van der Waals surface area (Å²) in [6.07, 6.45) is 0. The highest BCUT2D eigenvalue weighted by atomic mass is 16.3. The van der Waals surface area contributed by atoms with Crippen molar-refractivity contribution in [2.75, 3.05) is 16.8 Å². The highest BCUT2D eigenvalue weighted by molar-refractivity contribution is 6.07. The lowest BCUT2D eigenvalue weighted by molar-refractivity contribution is -0.130. The number of carbonyl (C=O) groups excluding carboxylic acids is 2. The van der Waals surface area contributed by atoms with Gasteiger partial charge in [0.25, 0.3) is 11.8 Å². The monoisotopic (exact) mass is 326 g/mol. The molecule has 0 saturated heterocycles. The molecule has 2 aromatic rings. The highest BCUT2D eigenvalue weighted by Crippen LogP contribution is 2.19. The van der Waals surface area contributed by atoms with Gasteiger partial charge in [0.05, 0.1) is 0 Å². The molecule has 0 aliphatic rings. The highest BCUT2D eigenvalue weighted by Gasteiger charge is 2.24. The van der Waals surface area contributed by atoms with Crippen molar-refractivity contribution in [3.63, 3.8) is 0 Å². The predicted molar refractivity (Wildman–Crippen MR) is 95.2 cm³/mol. The van der Waals surface area contributed by atoms with Crippen LogP contribution in [0.5, 0.6) is 0 Å². The second-order valence-electron chi connectivity index (χ2n) is 5.98. The van der Waals surface area contributed by atoms with Gasteiger partial charge in [-0.2, -0.15) is 0 Å². The van der Waals surface area contributed by atoms with Crippen LogP contribution < -0.4 is 10.2 Å². The average molecular weight is 326 g/mol. The normalized spacial score (nSPS) is 11.0. The molecule has 5 nitrogen and oxygen atoms in total. The van der Waals surface area contributed by atoms with Crippen LogP contribution >= 0.6 is 0 Å². The first-order chi connectivity index (χ1) is 11.3. The van der Waals surface area contributed by atoms with Crippen LogP contribution in [-0.2, 0) is 4.79 Å². The van der Waals surface area contributed by atoms with Crippen molar-refractivity contribution in [3.8, 4) is 0 Å². The first-order valence-corrected chi connectivity index (χ1v) is 7.83. The molecular weight excluding hydrogens is 304 g/mol. The summed E-state index contributed by atoms with van der Waals surface area (Å²) in [5, 5.41) is 12.3. The number of anilines is 2. The van der Waals surface area contributed by atoms with Crippen LogP contribution in [0.3, 0.4) is 0 Å². The Morgan fingerprint density at radius 1 is 1.08 bits per heavy atom. The molecule has 2 amide bonds. The van der Waals surface area contributed by atoms with Crippen LogP contribution in [0, 0.1) is 0 Å². The van der Waals surface area contributed by atoms with E-state index in [1.54, 1.807) is 29.2 Å². The maximum Gasteiger partial charge on any atom is 0.258 e. The van der Waals surface area contributed by atoms with Gasteiger partial charge in [0.2, 0.25) is 0 Å². The van der Waals surface area contributed by atoms with E-state index in [2.05, 4.69) is 5.32 Å². The van der Waals surface area contributed by atoms with Crippen LogP contribution in [0.2, 0.25) is 0 Å². The molecule has 2 aromatic carbocycles. The number of aliphatic hydroxyl groups is 1. The van der Waals surface area contributed by atoms with Crippen LogP contribution in [0.1, 0.15) is 31.1 Å². The lowest BCUT2D eigenvalue weighted by atomic mass is 10.1. The van der Waals surface area contributed by atoms with Gasteiger partial charge in [-0.05, 0) is 51.1 Å². The lowest BCUT2D eigenvalue weighted by Gasteiger charge is -2.22. The Balaban J connectivity index is 2.24. The van der Waals surface area contributed by atoms with Gasteiger partial charge in [-0.25, -0.2) is 0 Å². The van der Waals surface area contributed by atoms with E-state index >= 15 is 0 Å². The van der Waals surface area contributed by atoms with Gasteiger partial charge in [0.15, 0.2) is 0 Å². The third kappa shape index (κ3) is 4.20. The summed E-state index contributed by atoms with van der Waals surface area (Å²) in [5.74, 6) is -0.675. The van der Waals surface area contributed by atoms with Crippen molar-refractivity contribution in [1.29, 1.82) is 0 Å². The maximum absolute atomic E-state index is 12.8. The summed E-state index contributed by atoms with van der Waals surface area (Å²) in [4.78, 5) is 26.3. The van der Waals surface area contributed by atoms with E-state index in [1.165, 1.54) is 13.8 Å². The van der Waals surface area contributed by atoms with Crippen molar-refractivity contribution in [2.45, 2.75) is 26.4 Å². The molecular formula is C19H22N2O3. The Morgan fingerprint density at radius 3 is 2.33 bits per heavy atom. The Bertz CT molecular complexity index is 721. The van der Waals surface area contributed by atoms with E-state index in [0.29, 0.717) is 17.8 Å². The van der Waals surface area contributed by atoms with Crippen molar-refractivity contribution < 1.29 is 14.7 Å². The molecule has 24 heavy (non-hydrogen) atoms. The number of nitrogens with one attached hydrogen (secondary N) is 1. The Hall–Kier alpha value is -2.66. The Morgan fingerprint density at radius 2 is 1.75 bits per heavy atom. The number of amides is 2. The molecule has 0 aliphatic heterocycles. The van der Waals surface area contributed by atoms with Crippen molar-refractivity contribution in [3.05, 3.63) is 60.2 Å². The van der Waals surface area contributed by atoms with Crippen molar-refractivity contribution in [2.24, 2.45) is 0 Å². The van der Waals surface area contributed by atoms with Gasteiger partial charge in [-0.1, -0.05) is 24.3 Å². The smallest absolute Gasteiger partial charge is 0.258 e. The molecule has 0 saturated carbocycles. The van der Waals surface area contributed by atoms with Gasteiger partial charge < -0.3 is 15.3 Å². The van der Waals surface area contributed by atoms with Crippen LogP contribution in [0.4, 0.5) is 11.4 Å². The molecule has 2 N–H and O–H groups in total. The summed E-state index contributed by atoms with van der Waals surface area (Å²) >= 11 is 0. The molecule has 0 fully saturated rings. The number of hydrogen-bond donors (Lipinski definition) is 2. The minimum atomic E-state index is -1.49. The first kappa shape index (κ1) is 17.7. The fourth-order valence-corrected chi connectivity index (χ4v) is 2.22. The van der Waals surface area contributed by atoms with E-state index in [9.17, 15) is 14.7 Å². The minimum absolute atomic E-state index is 0.150. The Kier molecular flexibility index (Phi) is 5.36. The van der Waals surface area contributed by atoms with Gasteiger partial charge in [0, 0.05) is 23.5 Å². The summed E-state index contributed by atoms with van der Waals surface area (Å²) in [6, 6.07) is 16.1. The molecule has 126 valence electrons. The number of nitrogens with zero attached hydrogens (tertiary/aromatic N) is 1. The molecule has 0 unspecified atom stereocenters. The summed E-state index contributed by atoms with van der Waals surface area (Å²) < 4.78 is 0. The lowest BCUT2D eigenvalue weighted by Crippen LogP contribution is -2.36. The largest absolute Gasteiger partial charge is 0.381 e. The van der Waals surface area contributed by atoms with Crippen LogP contribution in [-0.4, -0.2) is 29.1 Å². The molecule has 0 spiro atoms. The van der Waals surface area contributed by atoms with Gasteiger partial charge in [-0.3, -0.25) is 9.59 Å². The van der Waals surface area contributed by atoms with Crippen molar-refractivity contribution in [1.82, 2.24) is 0 Å². The van der Waals surface area contributed by atoms with Crippen molar-refractivity contribution >= 4 is 23.2 Å². The molecule has 0 aromatic heterocycles. The maximum atomic E-state index is 12.8. The SMILES string of the molecule is CCN(C(=O)c1cccc(NC(=O)C(C)(C)O)c1)c1ccccc1. The minimum Gasteiger partial charge on any atom is -0.381 e. The third-order valence-corrected chi connectivity index (χ3v) is 3.55. The molecule has 0 aliphatic carbocycles. The average Bonchev–Trinajstić information content (AvgIpc) is 2.56. The molecule has 0 bridgehead atoms. The molecule has 0 radical (unpaired) electrons. The topological polar surface area (TPSA) is 69.6 Å². The molecule has 5 heteroatoms. The summed E-state index contributed by atoms with van der Waals surface area (Å²) in [7, 11) is 0. The molecule has 2 rings (SSSR count). The van der Waals surface area contributed by atoms with E-state index in [1.807, 2.05) is 37.3 Å². The third-order valence-electron chi connectivity index (χ3n) is 3.55. The number of para-hydroxylation sites is 1. The van der Waals surface area contributed by atoms with Gasteiger partial charge in [0.1, 0.15) is 5.60 Å². The molecule has 0 atom stereocenters. The van der Waals surface area contributed by atoms with E-state index < -0.39 is 11.5 Å². The molecule has 0 heterocycles. The van der Waals surface area contributed by atoms with Crippen LogP contribution in [0.25, 0.3) is 0 Å². The van der Waals surface area contributed by atoms with Gasteiger partial charge >= 0.3 is 0 Å². The second-order valence-corrected chi connectivity index (χ2v) is 5.98. The quantitative estimate of drug-likeness (QED) is 0.887. The number of benzene rings is 2. The number of rotatable bonds is 5. The summed E-state index contributed by atoms with van der Waals surface area (Å²) in [6.45, 7) is 5.25. The van der Waals surface area contributed by atoms with Crippen LogP contribution in [0.15, 0.2) is 54.6 Å². The van der Waals surface area contributed by atoms with E-state index in [4.69, 9.17) is 0 Å². The zero-order chi connectivity index (χ0) is 17.7. The number of carbonyl (C=O) groups is 2. The van der Waals surface area contributed by atoms with E-state index in [-0.39, 0.29) is 5.91 Å². The number of hydrogen-bond acceptors (Lipinski definition) is 3. The fraction of sp³-hybridized carbons (Fsp3) is 0.263. The van der Waals surface area contributed by atoms with Gasteiger partial charge in [-0.15, -0.1) is 0 Å². The van der Waals surface area contributed by atoms with E-state index in [0.717, 1.165) is 5.69 Å². The summed E-state index contributed by atoms with van der Waals surface area (Å²) in [5.41, 5.74) is 0.265. The second kappa shape index (κ2) is 7.27.